The van der Waals surface area contributed by atoms with Crippen molar-refractivity contribution in [2.24, 2.45) is 10.9 Å². The number of anilines is 1. The van der Waals surface area contributed by atoms with Crippen molar-refractivity contribution in [3.8, 4) is 0 Å². The minimum atomic E-state index is -4.49. The van der Waals surface area contributed by atoms with Crippen LogP contribution < -0.4 is 5.32 Å². The molecule has 10 heteroatoms. The molecule has 0 aliphatic heterocycles. The number of halogens is 7. The fourth-order valence-electron chi connectivity index (χ4n) is 2.33. The molecule has 1 aliphatic carbocycles. The first-order valence-electron chi connectivity index (χ1n) is 7.82. The smallest absolute Gasteiger partial charge is 0.341 e. The van der Waals surface area contributed by atoms with Crippen LogP contribution in [0.3, 0.4) is 0 Å². The van der Waals surface area contributed by atoms with Crippen LogP contribution >= 0.6 is 11.8 Å². The summed E-state index contributed by atoms with van der Waals surface area (Å²) in [7, 11) is 0. The quantitative estimate of drug-likeness (QED) is 0.284. The zero-order valence-corrected chi connectivity index (χ0v) is 14.6. The first-order chi connectivity index (χ1) is 11.9. The molecule has 0 unspecified atom stereocenters. The van der Waals surface area contributed by atoms with Crippen LogP contribution in [0.1, 0.15) is 24.8 Å². The highest BCUT2D eigenvalue weighted by atomic mass is 32.2. The summed E-state index contributed by atoms with van der Waals surface area (Å²) in [6.07, 6.45) is -6.78. The Morgan fingerprint density at radius 3 is 2.31 bits per heavy atom. The maximum Gasteiger partial charge on any atom is 0.408 e. The van der Waals surface area contributed by atoms with E-state index in [1.165, 1.54) is 13.0 Å². The van der Waals surface area contributed by atoms with E-state index in [0.717, 1.165) is 12.5 Å². The number of alkyl halides is 6. The van der Waals surface area contributed by atoms with Crippen molar-refractivity contribution >= 4 is 23.3 Å². The largest absolute Gasteiger partial charge is 0.408 e. The van der Waals surface area contributed by atoms with Crippen LogP contribution in [0, 0.1) is 18.7 Å². The molecule has 2 nitrogen and oxygen atoms in total. The molecule has 1 aliphatic rings. The molecule has 0 saturated heterocycles. The second-order valence-electron chi connectivity index (χ2n) is 6.07. The molecule has 1 saturated carbocycles. The highest BCUT2D eigenvalue weighted by Gasteiger charge is 2.30. The maximum atomic E-state index is 14.2. The summed E-state index contributed by atoms with van der Waals surface area (Å²) in [5.74, 6) is -2.11. The predicted octanol–water partition coefficient (Wildman–Crippen LogP) is 5.96. The number of hydrogen-bond acceptors (Lipinski definition) is 2. The van der Waals surface area contributed by atoms with Gasteiger partial charge in [-0.1, -0.05) is 6.42 Å². The number of hydrogen-bond donors (Lipinski definition) is 1. The van der Waals surface area contributed by atoms with Gasteiger partial charge in [0.25, 0.3) is 0 Å². The lowest BCUT2D eigenvalue weighted by Crippen LogP contribution is -2.30. The molecule has 26 heavy (non-hydrogen) atoms. The first-order valence-corrected chi connectivity index (χ1v) is 8.81. The van der Waals surface area contributed by atoms with Crippen molar-refractivity contribution in [2.45, 2.75) is 43.4 Å². The summed E-state index contributed by atoms with van der Waals surface area (Å²) in [6, 6.07) is 2.24. The number of aryl methyl sites for hydroxylation is 1. The van der Waals surface area contributed by atoms with Crippen LogP contribution in [0.15, 0.2) is 22.0 Å². The Morgan fingerprint density at radius 2 is 1.81 bits per heavy atom. The van der Waals surface area contributed by atoms with E-state index in [0.29, 0.717) is 30.2 Å². The predicted molar refractivity (Wildman–Crippen MR) is 87.2 cm³/mol. The van der Waals surface area contributed by atoms with Crippen LogP contribution in [0.2, 0.25) is 0 Å². The van der Waals surface area contributed by atoms with Crippen LogP contribution in [0.5, 0.6) is 0 Å². The first kappa shape index (κ1) is 20.9. The van der Waals surface area contributed by atoms with Crippen molar-refractivity contribution in [1.82, 2.24) is 0 Å². The van der Waals surface area contributed by atoms with E-state index in [2.05, 4.69) is 10.3 Å². The minimum absolute atomic E-state index is 0.0168. The Bertz CT molecular complexity index is 664. The molecule has 0 heterocycles. The summed E-state index contributed by atoms with van der Waals surface area (Å²) < 4.78 is 88.6. The molecule has 146 valence electrons. The van der Waals surface area contributed by atoms with Crippen LogP contribution in [0.4, 0.5) is 36.4 Å². The van der Waals surface area contributed by atoms with Gasteiger partial charge >= 0.3 is 12.4 Å². The molecule has 1 aromatic carbocycles. The number of benzene rings is 1. The Morgan fingerprint density at radius 1 is 1.15 bits per heavy atom. The third kappa shape index (κ3) is 6.37. The van der Waals surface area contributed by atoms with Gasteiger partial charge in [-0.3, -0.25) is 4.99 Å². The average Bonchev–Trinajstić information content (AvgIpc) is 2.42. The van der Waals surface area contributed by atoms with E-state index in [9.17, 15) is 30.7 Å². The SMILES string of the molecule is Cc1cc(F)c(NC(=NCC(F)(F)F)C2CCC2)cc1SCC(F)(F)F. The third-order valence-corrected chi connectivity index (χ3v) is 5.06. The summed E-state index contributed by atoms with van der Waals surface area (Å²) in [4.78, 5) is 3.72. The summed E-state index contributed by atoms with van der Waals surface area (Å²) >= 11 is 0.498. The fraction of sp³-hybridized carbons (Fsp3) is 0.562. The van der Waals surface area contributed by atoms with Crippen molar-refractivity contribution in [1.29, 1.82) is 0 Å². The highest BCUT2D eigenvalue weighted by molar-refractivity contribution is 7.99. The van der Waals surface area contributed by atoms with Crippen molar-refractivity contribution in [3.63, 3.8) is 0 Å². The fourth-order valence-corrected chi connectivity index (χ4v) is 3.14. The van der Waals surface area contributed by atoms with Gasteiger partial charge in [0.15, 0.2) is 0 Å². The molecule has 0 bridgehead atoms. The highest BCUT2D eigenvalue weighted by Crippen LogP contribution is 2.34. The van der Waals surface area contributed by atoms with E-state index in [1.54, 1.807) is 0 Å². The van der Waals surface area contributed by atoms with Gasteiger partial charge in [0, 0.05) is 10.8 Å². The van der Waals surface area contributed by atoms with Gasteiger partial charge in [0.05, 0.1) is 11.4 Å². The molecule has 0 amide bonds. The molecule has 0 spiro atoms. The third-order valence-electron chi connectivity index (χ3n) is 3.84. The summed E-state index contributed by atoms with van der Waals surface area (Å²) in [5, 5.41) is 2.57. The van der Waals surface area contributed by atoms with Gasteiger partial charge < -0.3 is 5.32 Å². The second-order valence-corrected chi connectivity index (χ2v) is 7.09. The summed E-state index contributed by atoms with van der Waals surface area (Å²) in [6.45, 7) is 0.0745. The summed E-state index contributed by atoms with van der Waals surface area (Å²) in [5.41, 5.74) is 0.146. The Labute approximate surface area is 150 Å². The van der Waals surface area contributed by atoms with Gasteiger partial charge in [-0.2, -0.15) is 26.3 Å². The standard InChI is InChI=1S/C16H17F7N2S/c1-9-5-11(17)12(6-13(9)26-8-16(21,22)23)25-14(10-3-2-4-10)24-7-15(18,19)20/h5-6,10H,2-4,7-8H2,1H3,(H,24,25). The van der Waals surface area contributed by atoms with E-state index in [4.69, 9.17) is 0 Å². The van der Waals surface area contributed by atoms with E-state index < -0.39 is 30.5 Å². The Balaban J connectivity index is 2.21. The lowest BCUT2D eigenvalue weighted by molar-refractivity contribution is -0.118. The average molecular weight is 402 g/mol. The molecule has 1 N–H and O–H groups in total. The zero-order chi connectivity index (χ0) is 19.5. The van der Waals surface area contributed by atoms with Crippen molar-refractivity contribution < 1.29 is 30.7 Å². The molecular weight excluding hydrogens is 385 g/mol. The number of amidine groups is 1. The molecule has 0 aromatic heterocycles. The van der Waals surface area contributed by atoms with Gasteiger partial charge in [0.2, 0.25) is 0 Å². The molecule has 0 atom stereocenters. The maximum absolute atomic E-state index is 14.2. The molecule has 1 aromatic rings. The second kappa shape index (κ2) is 8.06. The number of aliphatic imine (C=N–C) groups is 1. The van der Waals surface area contributed by atoms with E-state index in [1.807, 2.05) is 0 Å². The van der Waals surface area contributed by atoms with Gasteiger partial charge in [-0.05, 0) is 37.5 Å². The minimum Gasteiger partial charge on any atom is -0.341 e. The van der Waals surface area contributed by atoms with Gasteiger partial charge in [-0.15, -0.1) is 11.8 Å². The monoisotopic (exact) mass is 402 g/mol. The number of rotatable bonds is 5. The van der Waals surface area contributed by atoms with Gasteiger partial charge in [-0.25, -0.2) is 4.39 Å². The number of nitrogens with zero attached hydrogens (tertiary/aromatic N) is 1. The Hall–Kier alpha value is -1.45. The van der Waals surface area contributed by atoms with Crippen LogP contribution in [0.25, 0.3) is 0 Å². The number of thioether (sulfide) groups is 1. The van der Waals surface area contributed by atoms with Gasteiger partial charge in [0.1, 0.15) is 18.2 Å². The Kier molecular flexibility index (Phi) is 6.46. The molecule has 0 radical (unpaired) electrons. The molecule has 1 fully saturated rings. The normalized spacial score (nSPS) is 16.5. The van der Waals surface area contributed by atoms with Crippen LogP contribution in [-0.2, 0) is 0 Å². The molecular formula is C16H17F7N2S. The lowest BCUT2D eigenvalue weighted by Gasteiger charge is -2.28. The van der Waals surface area contributed by atoms with E-state index >= 15 is 0 Å². The zero-order valence-electron chi connectivity index (χ0n) is 13.8. The topological polar surface area (TPSA) is 24.4 Å². The van der Waals surface area contributed by atoms with Crippen molar-refractivity contribution in [3.05, 3.63) is 23.5 Å². The number of nitrogens with one attached hydrogen (secondary N) is 1. The van der Waals surface area contributed by atoms with Crippen LogP contribution in [-0.4, -0.2) is 30.5 Å². The molecule has 2 rings (SSSR count). The lowest BCUT2D eigenvalue weighted by atomic mass is 9.84. The van der Waals surface area contributed by atoms with Crippen molar-refractivity contribution in [2.75, 3.05) is 17.6 Å². The van der Waals surface area contributed by atoms with E-state index in [-0.39, 0.29) is 22.3 Å².